The number of rotatable bonds is 1. The lowest BCUT2D eigenvalue weighted by Crippen LogP contribution is -2.09. The van der Waals surface area contributed by atoms with Crippen LogP contribution in [-0.2, 0) is 6.42 Å². The Kier molecular flexibility index (Phi) is 2.99. The zero-order chi connectivity index (χ0) is 16.2. The normalized spacial score (nSPS) is 12.5. The monoisotopic (exact) mass is 302 g/mol. The van der Waals surface area contributed by atoms with E-state index in [1.54, 1.807) is 0 Å². The Bertz CT molecular complexity index is 1030. The first kappa shape index (κ1) is 14.3. The topological polar surface area (TPSA) is 17.3 Å². The quantitative estimate of drug-likeness (QED) is 0.422. The van der Waals surface area contributed by atoms with E-state index >= 15 is 0 Å². The van der Waals surface area contributed by atoms with Gasteiger partial charge in [0.1, 0.15) is 5.65 Å². The smallest absolute Gasteiger partial charge is 0.145 e. The zero-order valence-corrected chi connectivity index (χ0v) is 14.2. The van der Waals surface area contributed by atoms with Gasteiger partial charge < -0.3 is 0 Å². The van der Waals surface area contributed by atoms with Crippen molar-refractivity contribution in [1.82, 2.24) is 9.38 Å². The molecule has 2 nitrogen and oxygen atoms in total. The molecule has 2 aromatic heterocycles. The second-order valence-corrected chi connectivity index (χ2v) is 7.71. The van der Waals surface area contributed by atoms with Gasteiger partial charge in [0, 0.05) is 17.0 Å². The van der Waals surface area contributed by atoms with E-state index in [0.29, 0.717) is 5.41 Å². The number of aromatic nitrogens is 2. The van der Waals surface area contributed by atoms with Gasteiger partial charge in [-0.05, 0) is 41.8 Å². The molecule has 0 unspecified atom stereocenters. The molecule has 0 aliphatic carbocycles. The Hall–Kier alpha value is -2.35. The SMILES string of the molecule is Cc1cn2c3ccc(CC(C)(C)C)cc3c3ccccc3c2n1. The number of pyridine rings is 1. The van der Waals surface area contributed by atoms with Crippen LogP contribution in [0.5, 0.6) is 0 Å². The molecule has 0 aliphatic rings. The highest BCUT2D eigenvalue weighted by Crippen LogP contribution is 2.31. The Morgan fingerprint density at radius 3 is 2.43 bits per heavy atom. The first-order chi connectivity index (χ1) is 10.9. The van der Waals surface area contributed by atoms with Gasteiger partial charge in [-0.2, -0.15) is 0 Å². The number of nitrogens with zero attached hydrogens (tertiary/aromatic N) is 2. The molecule has 23 heavy (non-hydrogen) atoms. The molecule has 4 aromatic rings. The van der Waals surface area contributed by atoms with E-state index in [1.807, 2.05) is 0 Å². The van der Waals surface area contributed by atoms with Gasteiger partial charge in [0.25, 0.3) is 0 Å². The number of aryl methyl sites for hydroxylation is 1. The molecule has 4 rings (SSSR count). The van der Waals surface area contributed by atoms with E-state index in [4.69, 9.17) is 4.98 Å². The van der Waals surface area contributed by atoms with Gasteiger partial charge in [0.15, 0.2) is 0 Å². The average molecular weight is 302 g/mol. The average Bonchev–Trinajstić information content (AvgIpc) is 2.88. The lowest BCUT2D eigenvalue weighted by Gasteiger charge is -2.19. The molecule has 0 bridgehead atoms. The molecule has 116 valence electrons. The van der Waals surface area contributed by atoms with Crippen LogP contribution < -0.4 is 0 Å². The number of benzene rings is 2. The van der Waals surface area contributed by atoms with Crippen molar-refractivity contribution in [2.45, 2.75) is 34.1 Å². The van der Waals surface area contributed by atoms with Crippen LogP contribution in [0, 0.1) is 12.3 Å². The maximum Gasteiger partial charge on any atom is 0.145 e. The molecule has 0 aliphatic heterocycles. The van der Waals surface area contributed by atoms with Crippen molar-refractivity contribution in [2.24, 2.45) is 5.41 Å². The van der Waals surface area contributed by atoms with Crippen LogP contribution >= 0.6 is 0 Å². The molecule has 2 heterocycles. The molecule has 0 fully saturated rings. The van der Waals surface area contributed by atoms with Gasteiger partial charge in [0.05, 0.1) is 11.2 Å². The summed E-state index contributed by atoms with van der Waals surface area (Å²) in [6.07, 6.45) is 3.21. The highest BCUT2D eigenvalue weighted by molar-refractivity contribution is 6.11. The zero-order valence-electron chi connectivity index (χ0n) is 14.2. The van der Waals surface area contributed by atoms with Crippen LogP contribution in [0.25, 0.3) is 27.3 Å². The summed E-state index contributed by atoms with van der Waals surface area (Å²) < 4.78 is 2.23. The third-order valence-electron chi connectivity index (χ3n) is 4.34. The first-order valence-corrected chi connectivity index (χ1v) is 8.21. The summed E-state index contributed by atoms with van der Waals surface area (Å²) in [5.41, 5.74) is 5.03. The number of imidazole rings is 1. The van der Waals surface area contributed by atoms with E-state index < -0.39 is 0 Å². The van der Waals surface area contributed by atoms with Crippen LogP contribution in [0.2, 0.25) is 0 Å². The molecule has 2 aromatic carbocycles. The molecule has 0 saturated carbocycles. The molecule has 2 heteroatoms. The van der Waals surface area contributed by atoms with Crippen LogP contribution in [0.3, 0.4) is 0 Å². The highest BCUT2D eigenvalue weighted by Gasteiger charge is 2.14. The molecule has 0 spiro atoms. The van der Waals surface area contributed by atoms with Gasteiger partial charge in [-0.3, -0.25) is 4.40 Å². The summed E-state index contributed by atoms with van der Waals surface area (Å²) in [6, 6.07) is 15.5. The summed E-state index contributed by atoms with van der Waals surface area (Å²) in [4.78, 5) is 4.74. The van der Waals surface area contributed by atoms with Crippen molar-refractivity contribution >= 4 is 27.3 Å². The van der Waals surface area contributed by atoms with Crippen LogP contribution in [0.1, 0.15) is 32.0 Å². The second kappa shape index (κ2) is 4.82. The van der Waals surface area contributed by atoms with Gasteiger partial charge in [-0.15, -0.1) is 0 Å². The third kappa shape index (κ3) is 2.39. The Morgan fingerprint density at radius 1 is 0.957 bits per heavy atom. The summed E-state index contributed by atoms with van der Waals surface area (Å²) in [7, 11) is 0. The minimum atomic E-state index is 0.291. The first-order valence-electron chi connectivity index (χ1n) is 8.21. The predicted molar refractivity (Wildman–Crippen MR) is 98.1 cm³/mol. The Balaban J connectivity index is 2.12. The fourth-order valence-electron chi connectivity index (χ4n) is 3.52. The van der Waals surface area contributed by atoms with E-state index in [0.717, 1.165) is 17.8 Å². The number of hydrogen-bond acceptors (Lipinski definition) is 1. The largest absolute Gasteiger partial charge is 0.299 e. The summed E-state index contributed by atoms with van der Waals surface area (Å²) in [6.45, 7) is 8.93. The van der Waals surface area contributed by atoms with E-state index in [9.17, 15) is 0 Å². The van der Waals surface area contributed by atoms with Gasteiger partial charge in [-0.1, -0.05) is 51.1 Å². The lowest BCUT2D eigenvalue weighted by atomic mass is 9.87. The van der Waals surface area contributed by atoms with Crippen LogP contribution in [-0.4, -0.2) is 9.38 Å². The molecule has 0 N–H and O–H groups in total. The number of hydrogen-bond donors (Lipinski definition) is 0. The molecular weight excluding hydrogens is 280 g/mol. The van der Waals surface area contributed by atoms with Gasteiger partial charge in [-0.25, -0.2) is 4.98 Å². The lowest BCUT2D eigenvalue weighted by molar-refractivity contribution is 0.411. The molecule has 0 radical (unpaired) electrons. The third-order valence-corrected chi connectivity index (χ3v) is 4.34. The van der Waals surface area contributed by atoms with E-state index in [2.05, 4.69) is 80.8 Å². The minimum Gasteiger partial charge on any atom is -0.299 e. The maximum atomic E-state index is 4.74. The molecule has 0 atom stereocenters. The van der Waals surface area contributed by atoms with Crippen molar-refractivity contribution in [1.29, 1.82) is 0 Å². The van der Waals surface area contributed by atoms with Crippen molar-refractivity contribution < 1.29 is 0 Å². The molecule has 0 amide bonds. The van der Waals surface area contributed by atoms with Gasteiger partial charge >= 0.3 is 0 Å². The second-order valence-electron chi connectivity index (χ2n) is 7.71. The fraction of sp³-hybridized carbons (Fsp3) is 0.286. The summed E-state index contributed by atoms with van der Waals surface area (Å²) in [5, 5.41) is 3.82. The highest BCUT2D eigenvalue weighted by atomic mass is 15.0. The maximum absolute atomic E-state index is 4.74. The molecular formula is C21H22N2. The number of fused-ring (bicyclic) bond motifs is 6. The van der Waals surface area contributed by atoms with Crippen molar-refractivity contribution in [3.05, 3.63) is 59.9 Å². The van der Waals surface area contributed by atoms with E-state index in [1.165, 1.54) is 27.2 Å². The standard InChI is InChI=1S/C21H22N2/c1-14-13-23-19-10-9-15(12-21(2,3)4)11-18(19)16-7-5-6-8-17(16)20(23)22-14/h5-11,13H,12H2,1-4H3. The Labute approximate surface area is 136 Å². The van der Waals surface area contributed by atoms with Crippen LogP contribution in [0.15, 0.2) is 48.7 Å². The van der Waals surface area contributed by atoms with Crippen molar-refractivity contribution in [2.75, 3.05) is 0 Å². The van der Waals surface area contributed by atoms with Crippen molar-refractivity contribution in [3.8, 4) is 0 Å². The summed E-state index contributed by atoms with van der Waals surface area (Å²) >= 11 is 0. The summed E-state index contributed by atoms with van der Waals surface area (Å²) in [5.74, 6) is 0. The van der Waals surface area contributed by atoms with E-state index in [-0.39, 0.29) is 0 Å². The van der Waals surface area contributed by atoms with Crippen molar-refractivity contribution in [3.63, 3.8) is 0 Å². The van der Waals surface area contributed by atoms with Crippen LogP contribution in [0.4, 0.5) is 0 Å². The Morgan fingerprint density at radius 2 is 1.70 bits per heavy atom. The minimum absolute atomic E-state index is 0.291. The fourth-order valence-corrected chi connectivity index (χ4v) is 3.52. The van der Waals surface area contributed by atoms with Gasteiger partial charge in [0.2, 0.25) is 0 Å². The molecule has 0 saturated heterocycles. The predicted octanol–water partition coefficient (Wildman–Crippen LogP) is 5.54.